The van der Waals surface area contributed by atoms with Crippen molar-refractivity contribution in [2.45, 2.75) is 19.4 Å². The van der Waals surface area contributed by atoms with Crippen molar-refractivity contribution in [2.75, 3.05) is 30.8 Å². The number of nitrogens with two attached hydrogens (primary N) is 1. The van der Waals surface area contributed by atoms with Crippen LogP contribution < -0.4 is 16.0 Å². The van der Waals surface area contributed by atoms with Gasteiger partial charge in [0.2, 0.25) is 5.95 Å². The number of hydrogen-bond donors (Lipinski definition) is 3. The molecule has 0 bridgehead atoms. The number of nitrogens with one attached hydrogen (secondary N) is 2. The van der Waals surface area contributed by atoms with E-state index in [2.05, 4.69) is 30.4 Å². The summed E-state index contributed by atoms with van der Waals surface area (Å²) in [5, 5.41) is 10.8. The maximum Gasteiger partial charge on any atom is 0.222 e. The van der Waals surface area contributed by atoms with Crippen LogP contribution in [0.5, 0.6) is 0 Å². The lowest BCUT2D eigenvalue weighted by atomic mass is 10.2. The van der Waals surface area contributed by atoms with E-state index in [0.29, 0.717) is 22.5 Å². The third-order valence-electron chi connectivity index (χ3n) is 3.78. The van der Waals surface area contributed by atoms with Crippen LogP contribution in [-0.2, 0) is 0 Å². The van der Waals surface area contributed by atoms with Gasteiger partial charge in [-0.1, -0.05) is 11.6 Å². The monoisotopic (exact) mass is 307 g/mol. The molecule has 4 N–H and O–H groups in total. The molecule has 8 heteroatoms. The zero-order chi connectivity index (χ0) is 15.0. The molecule has 0 saturated carbocycles. The largest absolute Gasteiger partial charge is 0.368 e. The number of likely N-dealkylation sites (N-methyl/N-ethyl adjacent to an activating group) is 1. The first-order valence-corrected chi connectivity index (χ1v) is 7.24. The molecule has 3 heterocycles. The molecule has 2 aromatic rings. The van der Waals surface area contributed by atoms with Gasteiger partial charge in [-0.3, -0.25) is 5.10 Å². The Hall–Kier alpha value is -1.86. The van der Waals surface area contributed by atoms with Crippen LogP contribution in [0.3, 0.4) is 0 Å². The van der Waals surface area contributed by atoms with Gasteiger partial charge in [0.1, 0.15) is 11.5 Å². The molecule has 7 nitrogen and oxygen atoms in total. The highest BCUT2D eigenvalue weighted by Gasteiger charge is 2.23. The number of nitrogens with zero attached hydrogens (tertiary/aromatic N) is 4. The zero-order valence-corrected chi connectivity index (χ0v) is 12.8. The van der Waals surface area contributed by atoms with E-state index >= 15 is 0 Å². The van der Waals surface area contributed by atoms with Gasteiger partial charge in [0.05, 0.1) is 16.4 Å². The summed E-state index contributed by atoms with van der Waals surface area (Å²) in [6.45, 7) is 3.69. The minimum atomic E-state index is 0.235. The topological polar surface area (TPSA) is 95.8 Å². The molecular weight excluding hydrogens is 290 g/mol. The van der Waals surface area contributed by atoms with Crippen molar-refractivity contribution in [2.24, 2.45) is 0 Å². The standard InChI is InChI=1S/C13H18ClN7/c1-7-11(14)12(20-19-7)9-5-10(18-13(15)17-9)21-4-3-8(6-21)16-2/h5,8,16H,3-4,6H2,1-2H3,(H,19,20)(H2,15,17,18)/t8-/m0/s1. The van der Waals surface area contributed by atoms with Gasteiger partial charge in [0, 0.05) is 25.2 Å². The van der Waals surface area contributed by atoms with Crippen LogP contribution >= 0.6 is 11.6 Å². The fraction of sp³-hybridized carbons (Fsp3) is 0.462. The number of rotatable bonds is 3. The van der Waals surface area contributed by atoms with Crippen LogP contribution in [0.2, 0.25) is 5.02 Å². The van der Waals surface area contributed by atoms with Crippen molar-refractivity contribution in [1.29, 1.82) is 0 Å². The number of hydrogen-bond acceptors (Lipinski definition) is 6. The molecule has 0 spiro atoms. The van der Waals surface area contributed by atoms with Gasteiger partial charge in [-0.2, -0.15) is 10.1 Å². The second-order valence-corrected chi connectivity index (χ2v) is 5.57. The predicted molar refractivity (Wildman–Crippen MR) is 83.5 cm³/mol. The molecule has 2 aromatic heterocycles. The fourth-order valence-corrected chi connectivity index (χ4v) is 2.72. The molecule has 0 radical (unpaired) electrons. The number of H-pyrrole nitrogens is 1. The van der Waals surface area contributed by atoms with Gasteiger partial charge >= 0.3 is 0 Å². The summed E-state index contributed by atoms with van der Waals surface area (Å²) >= 11 is 6.23. The summed E-state index contributed by atoms with van der Waals surface area (Å²) in [5.41, 5.74) is 7.92. The molecule has 0 aliphatic carbocycles. The van der Waals surface area contributed by atoms with Crippen molar-refractivity contribution in [3.05, 3.63) is 16.8 Å². The lowest BCUT2D eigenvalue weighted by molar-refractivity contribution is 0.616. The molecule has 0 amide bonds. The van der Waals surface area contributed by atoms with Crippen molar-refractivity contribution in [1.82, 2.24) is 25.5 Å². The third kappa shape index (κ3) is 2.66. The third-order valence-corrected chi connectivity index (χ3v) is 4.24. The van der Waals surface area contributed by atoms with Crippen LogP contribution in [0.1, 0.15) is 12.1 Å². The number of halogens is 1. The van der Waals surface area contributed by atoms with E-state index in [-0.39, 0.29) is 5.95 Å². The first-order valence-electron chi connectivity index (χ1n) is 6.86. The Morgan fingerprint density at radius 1 is 1.48 bits per heavy atom. The van der Waals surface area contributed by atoms with Crippen molar-refractivity contribution < 1.29 is 0 Å². The Balaban J connectivity index is 1.95. The molecular formula is C13H18ClN7. The molecule has 0 unspecified atom stereocenters. The second-order valence-electron chi connectivity index (χ2n) is 5.19. The molecule has 3 rings (SSSR count). The van der Waals surface area contributed by atoms with E-state index in [1.165, 1.54) is 0 Å². The maximum atomic E-state index is 6.23. The van der Waals surface area contributed by atoms with Crippen molar-refractivity contribution in [3.8, 4) is 11.4 Å². The lowest BCUT2D eigenvalue weighted by Gasteiger charge is -2.18. The van der Waals surface area contributed by atoms with Crippen LogP contribution in [0.15, 0.2) is 6.07 Å². The molecule has 1 aliphatic heterocycles. The highest BCUT2D eigenvalue weighted by molar-refractivity contribution is 6.33. The zero-order valence-electron chi connectivity index (χ0n) is 12.0. The summed E-state index contributed by atoms with van der Waals surface area (Å²) in [6.07, 6.45) is 1.08. The summed E-state index contributed by atoms with van der Waals surface area (Å²) in [4.78, 5) is 10.8. The number of nitrogen functional groups attached to an aromatic ring is 1. The smallest absolute Gasteiger partial charge is 0.222 e. The Labute approximate surface area is 127 Å². The van der Waals surface area contributed by atoms with E-state index in [9.17, 15) is 0 Å². The van der Waals surface area contributed by atoms with Crippen LogP contribution in [0, 0.1) is 6.92 Å². The summed E-state index contributed by atoms with van der Waals surface area (Å²) < 4.78 is 0. The van der Waals surface area contributed by atoms with Gasteiger partial charge in [0.15, 0.2) is 0 Å². The van der Waals surface area contributed by atoms with Gasteiger partial charge < -0.3 is 16.0 Å². The summed E-state index contributed by atoms with van der Waals surface area (Å²) in [6, 6.07) is 2.37. The average Bonchev–Trinajstić information content (AvgIpc) is 3.06. The lowest BCUT2D eigenvalue weighted by Crippen LogP contribution is -2.30. The Morgan fingerprint density at radius 3 is 2.90 bits per heavy atom. The van der Waals surface area contributed by atoms with E-state index in [4.69, 9.17) is 17.3 Å². The average molecular weight is 308 g/mol. The van der Waals surface area contributed by atoms with Crippen molar-refractivity contribution >= 4 is 23.4 Å². The Morgan fingerprint density at radius 2 is 2.29 bits per heavy atom. The van der Waals surface area contributed by atoms with Gasteiger partial charge in [-0.25, -0.2) is 4.98 Å². The van der Waals surface area contributed by atoms with Crippen LogP contribution in [0.4, 0.5) is 11.8 Å². The molecule has 21 heavy (non-hydrogen) atoms. The first kappa shape index (κ1) is 14.1. The highest BCUT2D eigenvalue weighted by Crippen LogP contribution is 2.29. The van der Waals surface area contributed by atoms with E-state index in [1.54, 1.807) is 0 Å². The number of aromatic nitrogens is 4. The summed E-state index contributed by atoms with van der Waals surface area (Å²) in [5.74, 6) is 1.05. The highest BCUT2D eigenvalue weighted by atomic mass is 35.5. The van der Waals surface area contributed by atoms with Crippen LogP contribution in [-0.4, -0.2) is 46.3 Å². The maximum absolute atomic E-state index is 6.23. The SMILES string of the molecule is CN[C@H]1CCN(c2cc(-c3[nH]nc(C)c3Cl)nc(N)n2)C1. The Kier molecular flexibility index (Phi) is 3.69. The Bertz CT molecular complexity index is 654. The van der Waals surface area contributed by atoms with E-state index in [0.717, 1.165) is 31.0 Å². The van der Waals surface area contributed by atoms with E-state index < -0.39 is 0 Å². The molecule has 1 fully saturated rings. The minimum absolute atomic E-state index is 0.235. The van der Waals surface area contributed by atoms with Gasteiger partial charge in [-0.05, 0) is 20.4 Å². The predicted octanol–water partition coefficient (Wildman–Crippen LogP) is 1.21. The van der Waals surface area contributed by atoms with Gasteiger partial charge in [0.25, 0.3) is 0 Å². The molecule has 1 saturated heterocycles. The van der Waals surface area contributed by atoms with Gasteiger partial charge in [-0.15, -0.1) is 0 Å². The number of aryl methyl sites for hydroxylation is 1. The fourth-order valence-electron chi connectivity index (χ4n) is 2.54. The van der Waals surface area contributed by atoms with Crippen molar-refractivity contribution in [3.63, 3.8) is 0 Å². The molecule has 1 atom stereocenters. The van der Waals surface area contributed by atoms with E-state index in [1.807, 2.05) is 20.0 Å². The minimum Gasteiger partial charge on any atom is -0.368 e. The van der Waals surface area contributed by atoms with Crippen LogP contribution in [0.25, 0.3) is 11.4 Å². The quantitative estimate of drug-likeness (QED) is 0.789. The molecule has 112 valence electrons. The number of anilines is 2. The second kappa shape index (κ2) is 5.50. The first-order chi connectivity index (χ1) is 10.1. The molecule has 0 aromatic carbocycles. The molecule has 1 aliphatic rings. The summed E-state index contributed by atoms with van der Waals surface area (Å²) in [7, 11) is 1.97. The number of aromatic amines is 1. The normalized spacial score (nSPS) is 18.4.